The molecule has 17 heavy (non-hydrogen) atoms. The molecule has 0 radical (unpaired) electrons. The summed E-state index contributed by atoms with van der Waals surface area (Å²) in [4.78, 5) is 14.2. The maximum absolute atomic E-state index is 11.2. The lowest BCUT2D eigenvalue weighted by Crippen LogP contribution is -2.13. The summed E-state index contributed by atoms with van der Waals surface area (Å²) in [6, 6.07) is 5.76. The van der Waals surface area contributed by atoms with E-state index in [2.05, 4.69) is 16.9 Å². The second kappa shape index (κ2) is 3.38. The number of nitrogens with one attached hydrogen (secondary N) is 2. The van der Waals surface area contributed by atoms with Crippen molar-refractivity contribution >= 4 is 22.6 Å². The highest BCUT2D eigenvalue weighted by Crippen LogP contribution is 2.31. The Morgan fingerprint density at radius 1 is 1.41 bits per heavy atom. The highest BCUT2D eigenvalue weighted by molar-refractivity contribution is 6.02. The molecule has 2 heterocycles. The zero-order valence-corrected chi connectivity index (χ0v) is 9.21. The fourth-order valence-electron chi connectivity index (χ4n) is 2.43. The Bertz CT molecular complexity index is 640. The Kier molecular flexibility index (Phi) is 1.98. The van der Waals surface area contributed by atoms with Crippen molar-refractivity contribution in [3.8, 4) is 0 Å². The van der Waals surface area contributed by atoms with Crippen molar-refractivity contribution in [3.63, 3.8) is 0 Å². The molecule has 3 N–H and O–H groups in total. The summed E-state index contributed by atoms with van der Waals surface area (Å²) >= 11 is 0. The van der Waals surface area contributed by atoms with Gasteiger partial charge in [0.25, 0.3) is 0 Å². The van der Waals surface area contributed by atoms with E-state index < -0.39 is 5.97 Å². The molecule has 4 heteroatoms. The van der Waals surface area contributed by atoms with E-state index in [4.69, 9.17) is 0 Å². The Hall–Kier alpha value is -2.23. The minimum absolute atomic E-state index is 0.295. The van der Waals surface area contributed by atoms with E-state index in [9.17, 15) is 9.90 Å². The van der Waals surface area contributed by atoms with Crippen LogP contribution in [0.15, 0.2) is 24.8 Å². The smallest absolute Gasteiger partial charge is 0.352 e. The number of hydrogen-bond acceptors (Lipinski definition) is 2. The molecule has 0 bridgehead atoms. The van der Waals surface area contributed by atoms with Crippen molar-refractivity contribution in [1.82, 2.24) is 10.3 Å². The third-order valence-corrected chi connectivity index (χ3v) is 3.18. The molecule has 1 aliphatic heterocycles. The van der Waals surface area contributed by atoms with E-state index >= 15 is 0 Å². The van der Waals surface area contributed by atoms with Gasteiger partial charge in [-0.1, -0.05) is 18.7 Å². The van der Waals surface area contributed by atoms with Crippen LogP contribution >= 0.6 is 0 Å². The quantitative estimate of drug-likeness (QED) is 0.699. The molecular formula is C13H12N2O2. The van der Waals surface area contributed by atoms with Gasteiger partial charge >= 0.3 is 5.97 Å². The first-order valence-corrected chi connectivity index (χ1v) is 5.48. The summed E-state index contributed by atoms with van der Waals surface area (Å²) in [5.41, 5.74) is 3.86. The standard InChI is InChI=1S/C13H12N2O2/c1-7-8-3-2-4-10-11(8)9(5-6-14-7)12(15-10)13(16)17/h2-4,14-15H,1,5-6H2,(H,16,17). The molecule has 0 amide bonds. The maximum atomic E-state index is 11.2. The van der Waals surface area contributed by atoms with E-state index in [0.717, 1.165) is 27.7 Å². The molecule has 2 aromatic rings. The van der Waals surface area contributed by atoms with Crippen LogP contribution in [-0.4, -0.2) is 22.6 Å². The van der Waals surface area contributed by atoms with Gasteiger partial charge in [-0.15, -0.1) is 0 Å². The zero-order valence-electron chi connectivity index (χ0n) is 9.21. The van der Waals surface area contributed by atoms with E-state index in [1.807, 2.05) is 18.2 Å². The van der Waals surface area contributed by atoms with Crippen LogP contribution in [0, 0.1) is 0 Å². The lowest BCUT2D eigenvalue weighted by Gasteiger charge is -2.06. The molecule has 0 aliphatic carbocycles. The Balaban J connectivity index is 2.43. The molecule has 4 nitrogen and oxygen atoms in total. The molecule has 0 unspecified atom stereocenters. The van der Waals surface area contributed by atoms with Gasteiger partial charge in [0.2, 0.25) is 0 Å². The third-order valence-electron chi connectivity index (χ3n) is 3.18. The SMILES string of the molecule is C=C1NCCc2c(C(=O)O)[nH]c3cccc1c23. The number of aromatic amines is 1. The number of hydrogen-bond donors (Lipinski definition) is 3. The first-order chi connectivity index (χ1) is 8.18. The molecule has 0 fully saturated rings. The van der Waals surface area contributed by atoms with Crippen LogP contribution in [0.5, 0.6) is 0 Å². The number of rotatable bonds is 1. The van der Waals surface area contributed by atoms with Crippen molar-refractivity contribution in [2.45, 2.75) is 6.42 Å². The van der Waals surface area contributed by atoms with Gasteiger partial charge < -0.3 is 15.4 Å². The van der Waals surface area contributed by atoms with E-state index in [0.29, 0.717) is 18.7 Å². The van der Waals surface area contributed by atoms with Gasteiger partial charge in [-0.3, -0.25) is 0 Å². The predicted molar refractivity (Wildman–Crippen MR) is 66.0 cm³/mol. The van der Waals surface area contributed by atoms with Gasteiger partial charge in [-0.25, -0.2) is 4.79 Å². The van der Waals surface area contributed by atoms with E-state index in [1.54, 1.807) is 0 Å². The maximum Gasteiger partial charge on any atom is 0.352 e. The second-order valence-electron chi connectivity index (χ2n) is 4.17. The van der Waals surface area contributed by atoms with E-state index in [-0.39, 0.29) is 0 Å². The first kappa shape index (κ1) is 9.96. The van der Waals surface area contributed by atoms with Gasteiger partial charge in [0.15, 0.2) is 0 Å². The average Bonchev–Trinajstić information content (AvgIpc) is 2.59. The number of H-pyrrole nitrogens is 1. The summed E-state index contributed by atoms with van der Waals surface area (Å²) in [7, 11) is 0. The second-order valence-corrected chi connectivity index (χ2v) is 4.17. The number of benzene rings is 1. The van der Waals surface area contributed by atoms with E-state index in [1.165, 1.54) is 0 Å². The van der Waals surface area contributed by atoms with Crippen molar-refractivity contribution in [3.05, 3.63) is 41.6 Å². The fourth-order valence-corrected chi connectivity index (χ4v) is 2.43. The lowest BCUT2D eigenvalue weighted by molar-refractivity contribution is 0.0690. The Morgan fingerprint density at radius 2 is 2.24 bits per heavy atom. The minimum Gasteiger partial charge on any atom is -0.477 e. The number of carboxylic acid groups (broad SMARTS) is 1. The highest BCUT2D eigenvalue weighted by atomic mass is 16.4. The molecule has 0 atom stereocenters. The normalized spacial score (nSPS) is 14.5. The molecular weight excluding hydrogens is 216 g/mol. The lowest BCUT2D eigenvalue weighted by atomic mass is 10.0. The van der Waals surface area contributed by atoms with Crippen LogP contribution in [-0.2, 0) is 6.42 Å². The number of aromatic carboxylic acids is 1. The van der Waals surface area contributed by atoms with Crippen molar-refractivity contribution < 1.29 is 9.90 Å². The van der Waals surface area contributed by atoms with Crippen LogP contribution < -0.4 is 5.32 Å². The van der Waals surface area contributed by atoms with Gasteiger partial charge in [0.1, 0.15) is 5.69 Å². The molecule has 0 saturated carbocycles. The summed E-state index contributed by atoms with van der Waals surface area (Å²) in [5.74, 6) is -0.908. The highest BCUT2D eigenvalue weighted by Gasteiger charge is 2.21. The Morgan fingerprint density at radius 3 is 3.00 bits per heavy atom. The van der Waals surface area contributed by atoms with Crippen molar-refractivity contribution in [2.75, 3.05) is 6.54 Å². The zero-order chi connectivity index (χ0) is 12.0. The monoisotopic (exact) mass is 228 g/mol. The number of carbonyl (C=O) groups is 1. The fraction of sp³-hybridized carbons (Fsp3) is 0.154. The number of aromatic nitrogens is 1. The minimum atomic E-state index is -0.908. The van der Waals surface area contributed by atoms with Gasteiger partial charge in [-0.2, -0.15) is 0 Å². The molecule has 3 rings (SSSR count). The largest absolute Gasteiger partial charge is 0.477 e. The van der Waals surface area contributed by atoms with Crippen LogP contribution in [0.2, 0.25) is 0 Å². The van der Waals surface area contributed by atoms with Crippen molar-refractivity contribution in [2.24, 2.45) is 0 Å². The van der Waals surface area contributed by atoms with Gasteiger partial charge in [0.05, 0.1) is 0 Å². The van der Waals surface area contributed by atoms with Gasteiger partial charge in [-0.05, 0) is 18.1 Å². The summed E-state index contributed by atoms with van der Waals surface area (Å²) in [6.45, 7) is 4.69. The van der Waals surface area contributed by atoms with Crippen LogP contribution in [0.4, 0.5) is 0 Å². The average molecular weight is 228 g/mol. The summed E-state index contributed by atoms with van der Waals surface area (Å²) < 4.78 is 0. The van der Waals surface area contributed by atoms with Gasteiger partial charge in [0, 0.05) is 28.7 Å². The van der Waals surface area contributed by atoms with Crippen LogP contribution in [0.1, 0.15) is 21.6 Å². The first-order valence-electron chi connectivity index (χ1n) is 5.48. The Labute approximate surface area is 98.0 Å². The summed E-state index contributed by atoms with van der Waals surface area (Å²) in [6.07, 6.45) is 0.692. The molecule has 0 spiro atoms. The van der Waals surface area contributed by atoms with Crippen LogP contribution in [0.25, 0.3) is 16.6 Å². The molecule has 86 valence electrons. The molecule has 1 aliphatic rings. The molecule has 1 aromatic heterocycles. The predicted octanol–water partition coefficient (Wildman–Crippen LogP) is 1.98. The third kappa shape index (κ3) is 1.34. The summed E-state index contributed by atoms with van der Waals surface area (Å²) in [5, 5.41) is 13.4. The molecule has 0 saturated heterocycles. The topological polar surface area (TPSA) is 65.1 Å². The van der Waals surface area contributed by atoms with Crippen LogP contribution in [0.3, 0.4) is 0 Å². The number of carboxylic acids is 1. The van der Waals surface area contributed by atoms with Crippen molar-refractivity contribution in [1.29, 1.82) is 0 Å². The molecule has 1 aromatic carbocycles.